The van der Waals surface area contributed by atoms with E-state index in [9.17, 15) is 9.90 Å². The third kappa shape index (κ3) is 2.16. The molecule has 0 bridgehead atoms. The summed E-state index contributed by atoms with van der Waals surface area (Å²) in [5.74, 6) is 0.365. The second-order valence-electron chi connectivity index (χ2n) is 6.21. The molecule has 0 spiro atoms. The summed E-state index contributed by atoms with van der Waals surface area (Å²) < 4.78 is 6.00. The van der Waals surface area contributed by atoms with E-state index in [1.165, 1.54) is 0 Å². The average Bonchev–Trinajstić information content (AvgIpc) is 2.14. The van der Waals surface area contributed by atoms with Crippen LogP contribution < -0.4 is 0 Å². The van der Waals surface area contributed by atoms with Crippen molar-refractivity contribution in [1.82, 2.24) is 0 Å². The third-order valence-corrected chi connectivity index (χ3v) is 4.16. The smallest absolute Gasteiger partial charge is 0.133 e. The van der Waals surface area contributed by atoms with Crippen LogP contribution in [0.25, 0.3) is 0 Å². The van der Waals surface area contributed by atoms with Gasteiger partial charge in [0.15, 0.2) is 0 Å². The Morgan fingerprint density at radius 3 is 2.75 bits per heavy atom. The van der Waals surface area contributed by atoms with Crippen LogP contribution in [-0.2, 0) is 9.53 Å². The summed E-state index contributed by atoms with van der Waals surface area (Å²) in [5.41, 5.74) is -0.764. The predicted octanol–water partition coefficient (Wildman–Crippen LogP) is 2.06. The zero-order chi connectivity index (χ0) is 12.0. The summed E-state index contributed by atoms with van der Waals surface area (Å²) in [5, 5.41) is 9.98. The molecule has 92 valence electrons. The van der Waals surface area contributed by atoms with E-state index in [-0.39, 0.29) is 17.6 Å². The van der Waals surface area contributed by atoms with Crippen molar-refractivity contribution in [2.24, 2.45) is 5.41 Å². The first-order chi connectivity index (χ1) is 7.31. The van der Waals surface area contributed by atoms with Crippen LogP contribution in [0, 0.1) is 5.41 Å². The lowest BCUT2D eigenvalue weighted by Gasteiger charge is -2.49. The van der Waals surface area contributed by atoms with Crippen molar-refractivity contribution in [1.29, 1.82) is 0 Å². The second-order valence-corrected chi connectivity index (χ2v) is 6.21. The Kier molecular flexibility index (Phi) is 2.87. The zero-order valence-electron chi connectivity index (χ0n) is 10.5. The Morgan fingerprint density at radius 2 is 2.12 bits per heavy atom. The van der Waals surface area contributed by atoms with Gasteiger partial charge in [-0.25, -0.2) is 0 Å². The Labute approximate surface area is 97.2 Å². The monoisotopic (exact) mass is 226 g/mol. The van der Waals surface area contributed by atoms with Gasteiger partial charge in [0, 0.05) is 18.3 Å². The molecule has 0 radical (unpaired) electrons. The van der Waals surface area contributed by atoms with Gasteiger partial charge in [0.05, 0.1) is 17.8 Å². The first-order valence-electron chi connectivity index (χ1n) is 6.21. The highest BCUT2D eigenvalue weighted by Crippen LogP contribution is 2.46. The molecule has 3 heteroatoms. The number of hydrogen-bond acceptors (Lipinski definition) is 3. The lowest BCUT2D eigenvalue weighted by atomic mass is 9.67. The van der Waals surface area contributed by atoms with Crippen LogP contribution in [0.3, 0.4) is 0 Å². The van der Waals surface area contributed by atoms with Crippen LogP contribution in [-0.4, -0.2) is 28.7 Å². The van der Waals surface area contributed by atoms with Crippen LogP contribution in [0.1, 0.15) is 52.9 Å². The zero-order valence-corrected chi connectivity index (χ0v) is 10.5. The Balaban J connectivity index is 2.09. The molecule has 2 rings (SSSR count). The molecule has 2 fully saturated rings. The van der Waals surface area contributed by atoms with Gasteiger partial charge in [0.2, 0.25) is 0 Å². The summed E-state index contributed by atoms with van der Waals surface area (Å²) in [7, 11) is 0. The maximum atomic E-state index is 11.5. The van der Waals surface area contributed by atoms with E-state index < -0.39 is 5.60 Å². The molecule has 2 aliphatic rings. The van der Waals surface area contributed by atoms with Gasteiger partial charge in [-0.3, -0.25) is 4.79 Å². The molecular weight excluding hydrogens is 204 g/mol. The van der Waals surface area contributed by atoms with E-state index in [0.29, 0.717) is 18.6 Å². The van der Waals surface area contributed by atoms with E-state index in [2.05, 4.69) is 6.92 Å². The van der Waals surface area contributed by atoms with Crippen molar-refractivity contribution in [3.63, 3.8) is 0 Å². The van der Waals surface area contributed by atoms with Gasteiger partial charge in [-0.2, -0.15) is 0 Å². The largest absolute Gasteiger partial charge is 0.388 e. The number of ether oxygens (including phenoxy) is 1. The molecule has 0 unspecified atom stereocenters. The number of rotatable bonds is 1. The predicted molar refractivity (Wildman–Crippen MR) is 61.2 cm³/mol. The van der Waals surface area contributed by atoms with E-state index in [0.717, 1.165) is 19.3 Å². The van der Waals surface area contributed by atoms with Crippen molar-refractivity contribution in [3.8, 4) is 0 Å². The standard InChI is InChI=1S/C13H22O3/c1-12(2,15)10-6-7-13(3)8-9(14)4-5-11(13)16-10/h10-11,15H,4-8H2,1-3H3/t10-,11+,13+/m1/s1. The molecule has 0 aromatic heterocycles. The highest BCUT2D eigenvalue weighted by atomic mass is 16.5. The molecule has 0 aromatic rings. The van der Waals surface area contributed by atoms with Crippen LogP contribution >= 0.6 is 0 Å². The maximum Gasteiger partial charge on any atom is 0.133 e. The molecule has 3 nitrogen and oxygen atoms in total. The van der Waals surface area contributed by atoms with E-state index >= 15 is 0 Å². The Hall–Kier alpha value is -0.410. The van der Waals surface area contributed by atoms with Crippen LogP contribution in [0.4, 0.5) is 0 Å². The van der Waals surface area contributed by atoms with Crippen molar-refractivity contribution >= 4 is 5.78 Å². The van der Waals surface area contributed by atoms with Crippen LogP contribution in [0.5, 0.6) is 0 Å². The quantitative estimate of drug-likeness (QED) is 0.744. The number of hydrogen-bond donors (Lipinski definition) is 1. The van der Waals surface area contributed by atoms with E-state index in [1.807, 2.05) is 0 Å². The minimum atomic E-state index is -0.775. The molecule has 3 atom stereocenters. The number of aliphatic hydroxyl groups is 1. The summed E-state index contributed by atoms with van der Waals surface area (Å²) in [6.45, 7) is 5.75. The first-order valence-corrected chi connectivity index (χ1v) is 6.21. The van der Waals surface area contributed by atoms with Gasteiger partial charge in [-0.1, -0.05) is 6.92 Å². The summed E-state index contributed by atoms with van der Waals surface area (Å²) >= 11 is 0. The molecule has 1 saturated carbocycles. The Morgan fingerprint density at radius 1 is 1.44 bits per heavy atom. The first kappa shape index (κ1) is 12.1. The van der Waals surface area contributed by atoms with Gasteiger partial charge < -0.3 is 9.84 Å². The molecule has 1 N–H and O–H groups in total. The molecule has 0 amide bonds. The van der Waals surface area contributed by atoms with E-state index in [1.54, 1.807) is 13.8 Å². The Bertz CT molecular complexity index is 292. The topological polar surface area (TPSA) is 46.5 Å². The van der Waals surface area contributed by atoms with Crippen molar-refractivity contribution in [2.75, 3.05) is 0 Å². The van der Waals surface area contributed by atoms with E-state index in [4.69, 9.17) is 4.74 Å². The van der Waals surface area contributed by atoms with Gasteiger partial charge >= 0.3 is 0 Å². The molecule has 0 aromatic carbocycles. The fraction of sp³-hybridized carbons (Fsp3) is 0.923. The number of carbonyl (C=O) groups is 1. The second kappa shape index (κ2) is 3.81. The van der Waals surface area contributed by atoms with Crippen molar-refractivity contribution < 1.29 is 14.6 Å². The van der Waals surface area contributed by atoms with Crippen molar-refractivity contribution in [2.45, 2.75) is 70.7 Å². The number of carbonyl (C=O) groups excluding carboxylic acids is 1. The molecule has 1 aliphatic heterocycles. The summed E-state index contributed by atoms with van der Waals surface area (Å²) in [6, 6.07) is 0. The van der Waals surface area contributed by atoms with Gasteiger partial charge in [0.25, 0.3) is 0 Å². The molecular formula is C13H22O3. The number of Topliss-reactive ketones (excluding diaryl/α,β-unsaturated/α-hetero) is 1. The SMILES string of the molecule is CC(C)(O)[C@H]1CC[C@@]2(C)CC(=O)CC[C@@H]2O1. The maximum absolute atomic E-state index is 11.5. The number of ketones is 1. The lowest BCUT2D eigenvalue weighted by molar-refractivity contribution is -0.194. The minimum Gasteiger partial charge on any atom is -0.388 e. The molecule has 16 heavy (non-hydrogen) atoms. The van der Waals surface area contributed by atoms with Crippen LogP contribution in [0.15, 0.2) is 0 Å². The molecule has 1 heterocycles. The van der Waals surface area contributed by atoms with Gasteiger partial charge in [-0.15, -0.1) is 0 Å². The fourth-order valence-corrected chi connectivity index (χ4v) is 3.02. The van der Waals surface area contributed by atoms with Crippen molar-refractivity contribution in [3.05, 3.63) is 0 Å². The highest BCUT2D eigenvalue weighted by molar-refractivity contribution is 5.80. The molecule has 1 aliphatic carbocycles. The van der Waals surface area contributed by atoms with Gasteiger partial charge in [0.1, 0.15) is 5.78 Å². The lowest BCUT2D eigenvalue weighted by Crippen LogP contribution is -2.52. The summed E-state index contributed by atoms with van der Waals surface area (Å²) in [6.07, 6.45) is 4.01. The van der Waals surface area contributed by atoms with Crippen LogP contribution in [0.2, 0.25) is 0 Å². The number of fused-ring (bicyclic) bond motifs is 1. The third-order valence-electron chi connectivity index (χ3n) is 4.16. The fourth-order valence-electron chi connectivity index (χ4n) is 3.02. The highest BCUT2D eigenvalue weighted by Gasteiger charge is 2.47. The minimum absolute atomic E-state index is 0.0110. The normalized spacial score (nSPS) is 40.6. The van der Waals surface area contributed by atoms with Gasteiger partial charge in [-0.05, 0) is 33.1 Å². The average molecular weight is 226 g/mol. The summed E-state index contributed by atoms with van der Waals surface area (Å²) in [4.78, 5) is 11.5. The molecule has 1 saturated heterocycles.